The van der Waals surface area contributed by atoms with E-state index in [1.54, 1.807) is 12.1 Å². The zero-order valence-corrected chi connectivity index (χ0v) is 12.2. The van der Waals surface area contributed by atoms with Gasteiger partial charge in [0.05, 0.1) is 23.8 Å². The first-order valence-corrected chi connectivity index (χ1v) is 6.96. The van der Waals surface area contributed by atoms with Gasteiger partial charge in [-0.15, -0.1) is 0 Å². The molecule has 0 aromatic heterocycles. The van der Waals surface area contributed by atoms with Gasteiger partial charge in [-0.05, 0) is 37.6 Å². The molecule has 1 atom stereocenters. The van der Waals surface area contributed by atoms with Crippen LogP contribution >= 0.6 is 0 Å². The van der Waals surface area contributed by atoms with Crippen LogP contribution in [0.25, 0.3) is 0 Å². The second-order valence-electron chi connectivity index (χ2n) is 5.23. The van der Waals surface area contributed by atoms with Gasteiger partial charge in [-0.25, -0.2) is 4.79 Å². The lowest BCUT2D eigenvalue weighted by Gasteiger charge is -2.25. The maximum Gasteiger partial charge on any atom is 0.337 e. The monoisotopic (exact) mass is 292 g/mol. The van der Waals surface area contributed by atoms with Crippen LogP contribution in [0, 0.1) is 5.41 Å². The molecule has 0 spiro atoms. The lowest BCUT2D eigenvalue weighted by Crippen LogP contribution is -2.37. The lowest BCUT2D eigenvalue weighted by molar-refractivity contribution is -0.124. The molecule has 1 fully saturated rings. The third-order valence-corrected chi connectivity index (χ3v) is 4.11. The van der Waals surface area contributed by atoms with Gasteiger partial charge in [-0.1, -0.05) is 6.92 Å². The minimum atomic E-state index is -1.10. The van der Waals surface area contributed by atoms with Crippen molar-refractivity contribution in [1.82, 2.24) is 5.32 Å². The van der Waals surface area contributed by atoms with Gasteiger partial charge in [0.25, 0.3) is 0 Å². The number of ether oxygens (including phenoxy) is 1. The summed E-state index contributed by atoms with van der Waals surface area (Å²) >= 11 is 0. The molecule has 1 aromatic rings. The van der Waals surface area contributed by atoms with Crippen molar-refractivity contribution >= 4 is 17.6 Å². The summed E-state index contributed by atoms with van der Waals surface area (Å²) in [6.07, 6.45) is 1.47. The second kappa shape index (κ2) is 6.13. The average Bonchev–Trinajstić information content (AvgIpc) is 2.97. The van der Waals surface area contributed by atoms with E-state index >= 15 is 0 Å². The number of rotatable bonds is 5. The summed E-state index contributed by atoms with van der Waals surface area (Å²) in [4.78, 5) is 23.8. The van der Waals surface area contributed by atoms with E-state index in [1.165, 1.54) is 13.2 Å². The number of carboxylic acids is 1. The van der Waals surface area contributed by atoms with Gasteiger partial charge in [-0.2, -0.15) is 0 Å². The van der Waals surface area contributed by atoms with E-state index in [9.17, 15) is 14.7 Å². The minimum Gasteiger partial charge on any atom is -0.497 e. The van der Waals surface area contributed by atoms with E-state index in [4.69, 9.17) is 4.74 Å². The van der Waals surface area contributed by atoms with Crippen LogP contribution in [-0.2, 0) is 4.79 Å². The molecule has 21 heavy (non-hydrogen) atoms. The van der Waals surface area contributed by atoms with Gasteiger partial charge < -0.3 is 20.5 Å². The first kappa shape index (κ1) is 15.3. The van der Waals surface area contributed by atoms with Gasteiger partial charge in [-0.3, -0.25) is 4.79 Å². The summed E-state index contributed by atoms with van der Waals surface area (Å²) in [7, 11) is 1.47. The number of hydrogen-bond donors (Lipinski definition) is 3. The zero-order chi connectivity index (χ0) is 15.5. The first-order valence-electron chi connectivity index (χ1n) is 6.96. The van der Waals surface area contributed by atoms with Crippen molar-refractivity contribution in [2.45, 2.75) is 19.8 Å². The minimum absolute atomic E-state index is 0.0277. The second-order valence-corrected chi connectivity index (χ2v) is 5.23. The molecule has 1 aromatic carbocycles. The Kier molecular flexibility index (Phi) is 4.47. The van der Waals surface area contributed by atoms with E-state index < -0.39 is 11.4 Å². The van der Waals surface area contributed by atoms with Crippen molar-refractivity contribution in [3.8, 4) is 5.75 Å². The van der Waals surface area contributed by atoms with Crippen LogP contribution in [0.1, 0.15) is 30.1 Å². The number of amides is 1. The quantitative estimate of drug-likeness (QED) is 0.769. The fraction of sp³-hybridized carbons (Fsp3) is 0.467. The van der Waals surface area contributed by atoms with Crippen molar-refractivity contribution < 1.29 is 19.4 Å². The van der Waals surface area contributed by atoms with E-state index in [0.29, 0.717) is 24.4 Å². The normalized spacial score (nSPS) is 21.0. The third kappa shape index (κ3) is 3.00. The summed E-state index contributed by atoms with van der Waals surface area (Å²) in [5.41, 5.74) is -0.136. The smallest absolute Gasteiger partial charge is 0.337 e. The van der Waals surface area contributed by atoms with Crippen molar-refractivity contribution in [2.75, 3.05) is 25.5 Å². The number of carbonyl (C=O) groups excluding carboxylic acids is 1. The average molecular weight is 292 g/mol. The molecule has 1 amide bonds. The summed E-state index contributed by atoms with van der Waals surface area (Å²) in [5.74, 6) is -0.792. The molecular weight excluding hydrogens is 272 g/mol. The van der Waals surface area contributed by atoms with Crippen LogP contribution in [0.15, 0.2) is 18.2 Å². The highest BCUT2D eigenvalue weighted by Crippen LogP contribution is 2.32. The maximum absolute atomic E-state index is 12.5. The number of carbonyl (C=O) groups is 2. The van der Waals surface area contributed by atoms with Gasteiger partial charge in [0, 0.05) is 6.54 Å². The molecule has 1 heterocycles. The fourth-order valence-electron chi connectivity index (χ4n) is 2.59. The number of benzene rings is 1. The Bertz CT molecular complexity index is 551. The Balaban J connectivity index is 2.26. The molecule has 3 N–H and O–H groups in total. The summed E-state index contributed by atoms with van der Waals surface area (Å²) in [6.45, 7) is 3.39. The summed E-state index contributed by atoms with van der Waals surface area (Å²) in [6, 6.07) is 4.60. The molecule has 0 aliphatic carbocycles. The molecule has 2 rings (SSSR count). The van der Waals surface area contributed by atoms with Crippen LogP contribution in [0.4, 0.5) is 5.69 Å². The Morgan fingerprint density at radius 2 is 2.24 bits per heavy atom. The molecule has 6 heteroatoms. The Labute approximate surface area is 123 Å². The number of nitrogens with one attached hydrogen (secondary N) is 2. The van der Waals surface area contributed by atoms with Gasteiger partial charge >= 0.3 is 5.97 Å². The predicted molar refractivity (Wildman–Crippen MR) is 78.8 cm³/mol. The Morgan fingerprint density at radius 3 is 2.76 bits per heavy atom. The summed E-state index contributed by atoms with van der Waals surface area (Å²) < 4.78 is 5.02. The molecule has 1 saturated heterocycles. The Morgan fingerprint density at radius 1 is 1.48 bits per heavy atom. The molecule has 0 saturated carbocycles. The van der Waals surface area contributed by atoms with Crippen LogP contribution in [-0.4, -0.2) is 37.2 Å². The molecule has 1 unspecified atom stereocenters. The van der Waals surface area contributed by atoms with Gasteiger partial charge in [0.15, 0.2) is 0 Å². The van der Waals surface area contributed by atoms with Crippen molar-refractivity contribution in [1.29, 1.82) is 0 Å². The fourth-order valence-corrected chi connectivity index (χ4v) is 2.59. The van der Waals surface area contributed by atoms with Crippen LogP contribution in [0.5, 0.6) is 5.75 Å². The number of anilines is 1. The van der Waals surface area contributed by atoms with E-state index in [-0.39, 0.29) is 11.5 Å². The lowest BCUT2D eigenvalue weighted by atomic mass is 9.83. The highest BCUT2D eigenvalue weighted by atomic mass is 16.5. The van der Waals surface area contributed by atoms with Crippen molar-refractivity contribution in [3.63, 3.8) is 0 Å². The largest absolute Gasteiger partial charge is 0.497 e. The maximum atomic E-state index is 12.5. The van der Waals surface area contributed by atoms with Crippen LogP contribution in [0.2, 0.25) is 0 Å². The van der Waals surface area contributed by atoms with Crippen molar-refractivity contribution in [3.05, 3.63) is 23.8 Å². The number of hydrogen-bond acceptors (Lipinski definition) is 4. The topological polar surface area (TPSA) is 87.7 Å². The van der Waals surface area contributed by atoms with Crippen LogP contribution in [0.3, 0.4) is 0 Å². The highest BCUT2D eigenvalue weighted by molar-refractivity contribution is 6.02. The first-order chi connectivity index (χ1) is 10.0. The van der Waals surface area contributed by atoms with E-state index in [1.807, 2.05) is 6.92 Å². The van der Waals surface area contributed by atoms with E-state index in [2.05, 4.69) is 10.6 Å². The number of aromatic carboxylic acids is 1. The Hall–Kier alpha value is -2.08. The van der Waals surface area contributed by atoms with Gasteiger partial charge in [0.2, 0.25) is 5.91 Å². The molecular formula is C15H20N2O4. The number of methoxy groups -OCH3 is 1. The molecule has 114 valence electrons. The molecule has 6 nitrogen and oxygen atoms in total. The van der Waals surface area contributed by atoms with Crippen LogP contribution < -0.4 is 15.4 Å². The summed E-state index contributed by atoms with van der Waals surface area (Å²) in [5, 5.41) is 15.2. The van der Waals surface area contributed by atoms with E-state index in [0.717, 1.165) is 13.0 Å². The SMILES string of the molecule is CCC1(C(=O)Nc2ccc(OC)cc2C(=O)O)CCNC1. The molecule has 1 aliphatic rings. The third-order valence-electron chi connectivity index (χ3n) is 4.11. The zero-order valence-electron chi connectivity index (χ0n) is 12.2. The molecule has 0 radical (unpaired) electrons. The number of carboxylic acid groups (broad SMARTS) is 1. The van der Waals surface area contributed by atoms with Gasteiger partial charge in [0.1, 0.15) is 5.75 Å². The molecule has 1 aliphatic heterocycles. The van der Waals surface area contributed by atoms with Crippen molar-refractivity contribution in [2.24, 2.45) is 5.41 Å². The molecule has 0 bridgehead atoms. The standard InChI is InChI=1S/C15H20N2O4/c1-3-15(6-7-16-9-15)14(20)17-12-5-4-10(21-2)8-11(12)13(18)19/h4-5,8,16H,3,6-7,9H2,1-2H3,(H,17,20)(H,18,19). The highest BCUT2D eigenvalue weighted by Gasteiger charge is 2.39. The predicted octanol–water partition coefficient (Wildman–Crippen LogP) is 1.72.